The Morgan fingerprint density at radius 3 is 2.56 bits per heavy atom. The van der Waals surface area contributed by atoms with E-state index in [1.165, 1.54) is 0 Å². The lowest BCUT2D eigenvalue weighted by Gasteiger charge is -2.12. The maximum atomic E-state index is 10.3. The average molecular weight is 131 g/mol. The fraction of sp³-hybridized carbons (Fsp3) is 0.500. The van der Waals surface area contributed by atoms with Crippen LogP contribution in [0.2, 0.25) is 0 Å². The van der Waals surface area contributed by atoms with Crippen molar-refractivity contribution in [2.75, 3.05) is 0 Å². The third kappa shape index (κ3) is 1.17. The Morgan fingerprint density at radius 1 is 1.44 bits per heavy atom. The summed E-state index contributed by atoms with van der Waals surface area (Å²) in [7, 11) is 0. The Hall–Kier alpha value is -1.10. The van der Waals surface area contributed by atoms with Crippen molar-refractivity contribution >= 4 is 11.9 Å². The van der Waals surface area contributed by atoms with Gasteiger partial charge in [-0.15, -0.1) is 0 Å². The second kappa shape index (κ2) is 2.02. The summed E-state index contributed by atoms with van der Waals surface area (Å²) in [5.74, 6) is -1.31. The van der Waals surface area contributed by atoms with Crippen molar-refractivity contribution in [1.82, 2.24) is 0 Å². The summed E-state index contributed by atoms with van der Waals surface area (Å²) in [6.07, 6.45) is -0.0984. The van der Waals surface area contributed by atoms with Gasteiger partial charge < -0.3 is 5.73 Å². The average Bonchev–Trinajstić information content (AvgIpc) is 1.80. The van der Waals surface area contributed by atoms with Crippen LogP contribution >= 0.6 is 0 Å². The minimum atomic E-state index is -0.855. The summed E-state index contributed by atoms with van der Waals surface area (Å²) in [6, 6.07) is -0.855. The zero-order chi connectivity index (χ0) is 6.85. The van der Waals surface area contributed by atoms with Gasteiger partial charge in [-0.3, -0.25) is 0 Å². The zero-order valence-electron chi connectivity index (χ0n) is 4.49. The van der Waals surface area contributed by atoms with Gasteiger partial charge in [-0.25, -0.2) is 19.4 Å². The second-order valence-corrected chi connectivity index (χ2v) is 1.67. The first-order chi connectivity index (χ1) is 4.20. The Bertz CT molecular complexity index is 155. The predicted molar refractivity (Wildman–Crippen MR) is 24.8 cm³/mol. The Labute approximate surface area is 50.6 Å². The lowest BCUT2D eigenvalue weighted by Crippen LogP contribution is -2.39. The molecule has 1 atom stereocenters. The molecule has 0 aromatic rings. The van der Waals surface area contributed by atoms with Gasteiger partial charge >= 0.3 is 11.9 Å². The summed E-state index contributed by atoms with van der Waals surface area (Å²) < 4.78 is 0. The smallest absolute Gasteiger partial charge is 0.318 e. The molecule has 0 spiro atoms. The third-order valence-electron chi connectivity index (χ3n) is 0.906. The van der Waals surface area contributed by atoms with E-state index in [0.29, 0.717) is 0 Å². The maximum absolute atomic E-state index is 10.3. The van der Waals surface area contributed by atoms with Crippen molar-refractivity contribution in [3.8, 4) is 0 Å². The SMILES string of the molecule is NC1CC(=O)OOC1=O. The fourth-order valence-corrected chi connectivity index (χ4v) is 0.446. The third-order valence-corrected chi connectivity index (χ3v) is 0.906. The molecule has 2 N–H and O–H groups in total. The molecule has 5 nitrogen and oxygen atoms in total. The van der Waals surface area contributed by atoms with E-state index in [2.05, 4.69) is 9.78 Å². The van der Waals surface area contributed by atoms with Gasteiger partial charge in [-0.05, 0) is 0 Å². The van der Waals surface area contributed by atoms with Crippen LogP contribution in [0, 0.1) is 0 Å². The molecule has 1 rings (SSSR count). The van der Waals surface area contributed by atoms with Gasteiger partial charge in [0.2, 0.25) is 0 Å². The zero-order valence-corrected chi connectivity index (χ0v) is 4.49. The van der Waals surface area contributed by atoms with Crippen LogP contribution in [0.5, 0.6) is 0 Å². The lowest BCUT2D eigenvalue weighted by molar-refractivity contribution is -0.269. The highest BCUT2D eigenvalue weighted by Crippen LogP contribution is 2.02. The van der Waals surface area contributed by atoms with Crippen LogP contribution in [-0.2, 0) is 19.4 Å². The van der Waals surface area contributed by atoms with E-state index in [1.54, 1.807) is 0 Å². The van der Waals surface area contributed by atoms with Crippen LogP contribution in [0.1, 0.15) is 6.42 Å². The molecular formula is C4H5NO4. The molecule has 1 aliphatic rings. The molecule has 0 amide bonds. The summed E-state index contributed by atoms with van der Waals surface area (Å²) in [5, 5.41) is 0. The number of carbonyl (C=O) groups excluding carboxylic acids is 2. The van der Waals surface area contributed by atoms with Crippen molar-refractivity contribution in [3.63, 3.8) is 0 Å². The molecular weight excluding hydrogens is 126 g/mol. The van der Waals surface area contributed by atoms with Crippen molar-refractivity contribution in [1.29, 1.82) is 0 Å². The minimum Gasteiger partial charge on any atom is -0.318 e. The predicted octanol–water partition coefficient (Wildman–Crippen LogP) is -1.28. The van der Waals surface area contributed by atoms with Crippen LogP contribution in [0.25, 0.3) is 0 Å². The maximum Gasteiger partial charge on any atom is 0.372 e. The van der Waals surface area contributed by atoms with Gasteiger partial charge in [-0.2, -0.15) is 0 Å². The van der Waals surface area contributed by atoms with Crippen molar-refractivity contribution < 1.29 is 19.4 Å². The summed E-state index contributed by atoms with van der Waals surface area (Å²) >= 11 is 0. The molecule has 0 aliphatic carbocycles. The molecule has 0 saturated carbocycles. The Balaban J connectivity index is 2.54. The van der Waals surface area contributed by atoms with Crippen molar-refractivity contribution in [3.05, 3.63) is 0 Å². The fourth-order valence-electron chi connectivity index (χ4n) is 0.446. The lowest BCUT2D eigenvalue weighted by atomic mass is 10.2. The minimum absolute atomic E-state index is 0.0984. The van der Waals surface area contributed by atoms with E-state index >= 15 is 0 Å². The number of hydrogen-bond donors (Lipinski definition) is 1. The van der Waals surface area contributed by atoms with Gasteiger partial charge in [0, 0.05) is 0 Å². The van der Waals surface area contributed by atoms with Gasteiger partial charge in [0.1, 0.15) is 6.04 Å². The topological polar surface area (TPSA) is 78.6 Å². The normalized spacial score (nSPS) is 27.0. The first kappa shape index (κ1) is 6.03. The van der Waals surface area contributed by atoms with E-state index in [1.807, 2.05) is 0 Å². The van der Waals surface area contributed by atoms with E-state index in [9.17, 15) is 9.59 Å². The van der Waals surface area contributed by atoms with Crippen LogP contribution < -0.4 is 5.73 Å². The number of hydrogen-bond acceptors (Lipinski definition) is 5. The largest absolute Gasteiger partial charge is 0.372 e. The summed E-state index contributed by atoms with van der Waals surface area (Å²) in [4.78, 5) is 28.3. The Morgan fingerprint density at radius 2 is 2.11 bits per heavy atom. The highest BCUT2D eigenvalue weighted by Gasteiger charge is 2.27. The molecule has 1 saturated heterocycles. The molecule has 1 heterocycles. The van der Waals surface area contributed by atoms with Gasteiger partial charge in [0.25, 0.3) is 0 Å². The van der Waals surface area contributed by atoms with E-state index in [-0.39, 0.29) is 6.42 Å². The van der Waals surface area contributed by atoms with Gasteiger partial charge in [-0.1, -0.05) is 0 Å². The molecule has 5 heteroatoms. The quantitative estimate of drug-likeness (QED) is 0.414. The number of carbonyl (C=O) groups is 2. The highest BCUT2D eigenvalue weighted by molar-refractivity contribution is 5.85. The van der Waals surface area contributed by atoms with Crippen molar-refractivity contribution in [2.45, 2.75) is 12.5 Å². The van der Waals surface area contributed by atoms with Crippen LogP contribution in [0.4, 0.5) is 0 Å². The van der Waals surface area contributed by atoms with Crippen LogP contribution in [0.3, 0.4) is 0 Å². The van der Waals surface area contributed by atoms with E-state index in [0.717, 1.165) is 0 Å². The van der Waals surface area contributed by atoms with Crippen LogP contribution in [0.15, 0.2) is 0 Å². The summed E-state index contributed by atoms with van der Waals surface area (Å²) in [6.45, 7) is 0. The highest BCUT2D eigenvalue weighted by atomic mass is 17.2. The first-order valence-electron chi connectivity index (χ1n) is 2.37. The Kier molecular flexibility index (Phi) is 1.35. The van der Waals surface area contributed by atoms with Gasteiger partial charge in [0.05, 0.1) is 6.42 Å². The number of nitrogens with two attached hydrogens (primary N) is 1. The molecule has 50 valence electrons. The van der Waals surface area contributed by atoms with E-state index in [4.69, 9.17) is 5.73 Å². The van der Waals surface area contributed by atoms with Crippen LogP contribution in [-0.4, -0.2) is 18.0 Å². The number of rotatable bonds is 0. The molecule has 1 fully saturated rings. The molecule has 1 unspecified atom stereocenters. The first-order valence-corrected chi connectivity index (χ1v) is 2.37. The molecule has 1 aliphatic heterocycles. The molecule has 0 bridgehead atoms. The molecule has 0 radical (unpaired) electrons. The van der Waals surface area contributed by atoms with Crippen molar-refractivity contribution in [2.24, 2.45) is 5.73 Å². The summed E-state index contributed by atoms with van der Waals surface area (Å²) in [5.41, 5.74) is 5.09. The second-order valence-electron chi connectivity index (χ2n) is 1.67. The van der Waals surface area contributed by atoms with Gasteiger partial charge in [0.15, 0.2) is 0 Å². The molecule has 0 aromatic heterocycles. The molecule has 9 heavy (non-hydrogen) atoms. The molecule has 0 aromatic carbocycles. The standard InChI is InChI=1S/C4H5NO4/c5-2-1-3(6)8-9-4(2)7/h2H,1,5H2. The monoisotopic (exact) mass is 131 g/mol. The van der Waals surface area contributed by atoms with E-state index < -0.39 is 18.0 Å².